The third-order valence-electron chi connectivity index (χ3n) is 5.49. The van der Waals surface area contributed by atoms with Gasteiger partial charge >= 0.3 is 5.97 Å². The molecular weight excluding hydrogens is 516 g/mol. The number of carbonyl (C=O) groups excluding carboxylic acids is 3. The van der Waals surface area contributed by atoms with Gasteiger partial charge in [-0.05, 0) is 44.0 Å². The number of allylic oxidation sites excluding steroid dienone is 2. The Labute approximate surface area is 212 Å². The van der Waals surface area contributed by atoms with Crippen LogP contribution in [0.3, 0.4) is 0 Å². The topological polar surface area (TPSA) is 117 Å². The quantitative estimate of drug-likeness (QED) is 0.465. The fourth-order valence-electron chi connectivity index (χ4n) is 3.92. The van der Waals surface area contributed by atoms with Crippen LogP contribution in [0.1, 0.15) is 30.9 Å². The lowest BCUT2D eigenvalue weighted by Gasteiger charge is -2.29. The van der Waals surface area contributed by atoms with Gasteiger partial charge in [0.1, 0.15) is 17.1 Å². The summed E-state index contributed by atoms with van der Waals surface area (Å²) in [5, 5.41) is 2.83. The summed E-state index contributed by atoms with van der Waals surface area (Å²) in [5.41, 5.74) is 7.85. The summed E-state index contributed by atoms with van der Waals surface area (Å²) in [6, 6.07) is 14.9. The van der Waals surface area contributed by atoms with Crippen molar-refractivity contribution in [1.82, 2.24) is 5.32 Å². The molecule has 0 saturated carbocycles. The molecule has 1 heterocycles. The average Bonchev–Trinajstić information content (AvgIpc) is 2.82. The molecule has 184 valence electrons. The Morgan fingerprint density at radius 1 is 1.11 bits per heavy atom. The minimum atomic E-state index is -0.901. The van der Waals surface area contributed by atoms with E-state index in [4.69, 9.17) is 19.9 Å². The number of amides is 1. The lowest BCUT2D eigenvalue weighted by molar-refractivity contribution is -0.136. The van der Waals surface area contributed by atoms with E-state index >= 15 is 0 Å². The van der Waals surface area contributed by atoms with E-state index in [2.05, 4.69) is 21.2 Å². The zero-order valence-corrected chi connectivity index (χ0v) is 21.3. The van der Waals surface area contributed by atoms with Crippen LogP contribution >= 0.6 is 15.9 Å². The maximum Gasteiger partial charge on any atom is 0.340 e. The van der Waals surface area contributed by atoms with Crippen LogP contribution in [0.4, 0.5) is 0 Å². The van der Waals surface area contributed by atoms with Gasteiger partial charge in [-0.25, -0.2) is 4.79 Å². The molecule has 0 saturated heterocycles. The number of halogens is 1. The van der Waals surface area contributed by atoms with Crippen LogP contribution in [0.5, 0.6) is 5.75 Å². The Morgan fingerprint density at radius 2 is 1.83 bits per heavy atom. The van der Waals surface area contributed by atoms with Gasteiger partial charge in [0, 0.05) is 22.2 Å². The maximum atomic E-state index is 12.6. The molecule has 0 radical (unpaired) electrons. The van der Waals surface area contributed by atoms with Crippen molar-refractivity contribution in [2.24, 2.45) is 5.73 Å². The Bertz CT molecular complexity index is 1190. The number of hydrogen-bond donors (Lipinski definition) is 2. The van der Waals surface area contributed by atoms with Crippen LogP contribution in [0.25, 0.3) is 0 Å². The number of nitrogens with two attached hydrogens (primary N) is 1. The number of benzene rings is 2. The molecule has 1 atom stereocenters. The SMILES string of the molecule is COC(=O)C1=C(N)OC(C)=C(C(C)=O)C1c1cc(Br)ccc1OCC(=O)NCCc1ccccc1. The number of hydrogen-bond acceptors (Lipinski definition) is 7. The second kappa shape index (κ2) is 11.7. The van der Waals surface area contributed by atoms with Crippen molar-refractivity contribution in [1.29, 1.82) is 0 Å². The third kappa shape index (κ3) is 6.30. The Balaban J connectivity index is 1.85. The second-order valence-corrected chi connectivity index (χ2v) is 8.80. The van der Waals surface area contributed by atoms with Crippen LogP contribution in [0, 0.1) is 0 Å². The summed E-state index contributed by atoms with van der Waals surface area (Å²) < 4.78 is 16.9. The van der Waals surface area contributed by atoms with E-state index in [0.29, 0.717) is 28.8 Å². The molecule has 2 aromatic rings. The monoisotopic (exact) mass is 542 g/mol. The fourth-order valence-corrected chi connectivity index (χ4v) is 4.30. The van der Waals surface area contributed by atoms with E-state index in [-0.39, 0.29) is 41.1 Å². The van der Waals surface area contributed by atoms with E-state index in [1.54, 1.807) is 25.1 Å². The number of carbonyl (C=O) groups is 3. The van der Waals surface area contributed by atoms with E-state index in [0.717, 1.165) is 5.56 Å². The molecule has 1 amide bonds. The molecule has 3 N–H and O–H groups in total. The van der Waals surface area contributed by atoms with Crippen molar-refractivity contribution in [2.45, 2.75) is 26.2 Å². The van der Waals surface area contributed by atoms with E-state index in [1.807, 2.05) is 30.3 Å². The molecule has 3 rings (SSSR count). The first-order chi connectivity index (χ1) is 16.7. The summed E-state index contributed by atoms with van der Waals surface area (Å²) >= 11 is 3.43. The minimum Gasteiger partial charge on any atom is -0.483 e. The first-order valence-electron chi connectivity index (χ1n) is 10.9. The number of esters is 1. The summed E-state index contributed by atoms with van der Waals surface area (Å²) in [4.78, 5) is 37.7. The van der Waals surface area contributed by atoms with Crippen molar-refractivity contribution in [3.63, 3.8) is 0 Å². The normalized spacial score (nSPS) is 15.4. The summed E-state index contributed by atoms with van der Waals surface area (Å²) in [6.45, 7) is 3.19. The van der Waals surface area contributed by atoms with Gasteiger partial charge in [-0.15, -0.1) is 0 Å². The van der Waals surface area contributed by atoms with Crippen LogP contribution in [0.15, 0.2) is 75.8 Å². The molecule has 0 fully saturated rings. The maximum absolute atomic E-state index is 12.6. The van der Waals surface area contributed by atoms with Gasteiger partial charge in [-0.1, -0.05) is 46.3 Å². The van der Waals surface area contributed by atoms with Gasteiger partial charge in [0.15, 0.2) is 12.4 Å². The zero-order chi connectivity index (χ0) is 25.5. The molecule has 9 heteroatoms. The first kappa shape index (κ1) is 26.0. The highest BCUT2D eigenvalue weighted by Crippen LogP contribution is 2.44. The molecule has 0 bridgehead atoms. The van der Waals surface area contributed by atoms with Crippen molar-refractivity contribution >= 4 is 33.6 Å². The van der Waals surface area contributed by atoms with Gasteiger partial charge in [0.25, 0.3) is 5.91 Å². The molecule has 0 aromatic heterocycles. The number of nitrogens with one attached hydrogen (secondary N) is 1. The number of methoxy groups -OCH3 is 1. The molecule has 1 aliphatic heterocycles. The predicted molar refractivity (Wildman–Crippen MR) is 133 cm³/mol. The smallest absolute Gasteiger partial charge is 0.340 e. The van der Waals surface area contributed by atoms with E-state index < -0.39 is 11.9 Å². The molecule has 2 aromatic carbocycles. The molecule has 35 heavy (non-hydrogen) atoms. The van der Waals surface area contributed by atoms with Crippen molar-refractivity contribution in [3.8, 4) is 5.75 Å². The molecular formula is C26H27BrN2O6. The second-order valence-electron chi connectivity index (χ2n) is 7.89. The van der Waals surface area contributed by atoms with Crippen molar-refractivity contribution in [3.05, 3.63) is 86.9 Å². The lowest BCUT2D eigenvalue weighted by Crippen LogP contribution is -2.31. The Morgan fingerprint density at radius 3 is 2.49 bits per heavy atom. The van der Waals surface area contributed by atoms with Gasteiger partial charge in [-0.2, -0.15) is 0 Å². The summed E-state index contributed by atoms with van der Waals surface area (Å²) in [6.07, 6.45) is 0.691. The summed E-state index contributed by atoms with van der Waals surface area (Å²) in [7, 11) is 1.22. The standard InChI is InChI=1S/C26H27BrN2O6/c1-15(30)22-16(2)35-25(28)24(26(32)33-3)23(22)19-13-18(27)9-10-20(19)34-14-21(31)29-12-11-17-7-5-4-6-8-17/h4-10,13,23H,11-12,14,28H2,1-3H3,(H,29,31). The van der Waals surface area contributed by atoms with Crippen LogP contribution in [-0.2, 0) is 30.3 Å². The van der Waals surface area contributed by atoms with Gasteiger partial charge in [0.2, 0.25) is 5.88 Å². The molecule has 0 aliphatic carbocycles. The van der Waals surface area contributed by atoms with Crippen LogP contribution in [0.2, 0.25) is 0 Å². The highest BCUT2D eigenvalue weighted by atomic mass is 79.9. The zero-order valence-electron chi connectivity index (χ0n) is 19.7. The van der Waals surface area contributed by atoms with E-state index in [1.165, 1.54) is 14.0 Å². The van der Waals surface area contributed by atoms with Gasteiger partial charge in [-0.3, -0.25) is 9.59 Å². The predicted octanol–water partition coefficient (Wildman–Crippen LogP) is 3.51. The molecule has 8 nitrogen and oxygen atoms in total. The Hall–Kier alpha value is -3.59. The van der Waals surface area contributed by atoms with Crippen molar-refractivity contribution < 1.29 is 28.6 Å². The highest BCUT2D eigenvalue weighted by molar-refractivity contribution is 9.10. The Kier molecular flexibility index (Phi) is 8.70. The first-order valence-corrected chi connectivity index (χ1v) is 11.7. The fraction of sp³-hybridized carbons (Fsp3) is 0.269. The van der Waals surface area contributed by atoms with Gasteiger partial charge < -0.3 is 25.3 Å². The van der Waals surface area contributed by atoms with Crippen molar-refractivity contribution in [2.75, 3.05) is 20.3 Å². The lowest BCUT2D eigenvalue weighted by atomic mass is 9.80. The van der Waals surface area contributed by atoms with Crippen LogP contribution in [-0.4, -0.2) is 37.9 Å². The largest absolute Gasteiger partial charge is 0.483 e. The van der Waals surface area contributed by atoms with Crippen LogP contribution < -0.4 is 15.8 Å². The molecule has 0 spiro atoms. The number of Topliss-reactive ketones (excluding diaryl/α,β-unsaturated/α-hetero) is 1. The number of ketones is 1. The summed E-state index contributed by atoms with van der Waals surface area (Å²) in [5.74, 6) is -1.80. The average molecular weight is 543 g/mol. The number of rotatable bonds is 9. The van der Waals surface area contributed by atoms with E-state index in [9.17, 15) is 14.4 Å². The third-order valence-corrected chi connectivity index (χ3v) is 5.98. The molecule has 1 aliphatic rings. The molecule has 1 unspecified atom stereocenters. The van der Waals surface area contributed by atoms with Gasteiger partial charge in [0.05, 0.1) is 13.0 Å². The number of ether oxygens (including phenoxy) is 3. The minimum absolute atomic E-state index is 0.0152. The highest BCUT2D eigenvalue weighted by Gasteiger charge is 2.39.